The Morgan fingerprint density at radius 3 is 2.93 bits per heavy atom. The van der Waals surface area contributed by atoms with Gasteiger partial charge in [-0.3, -0.25) is 14.9 Å². The predicted molar refractivity (Wildman–Crippen MR) is 103 cm³/mol. The highest BCUT2D eigenvalue weighted by Crippen LogP contribution is 2.39. The number of hydrogen-bond donors (Lipinski definition) is 1. The molecule has 1 aliphatic rings. The van der Waals surface area contributed by atoms with Crippen LogP contribution in [0, 0.1) is 10.1 Å². The molecule has 140 valence electrons. The molecule has 0 bridgehead atoms. The van der Waals surface area contributed by atoms with Gasteiger partial charge in [-0.1, -0.05) is 12.1 Å². The molecule has 1 amide bonds. The number of non-ortho nitro benzene ring substituents is 1. The van der Waals surface area contributed by atoms with Gasteiger partial charge >= 0.3 is 5.97 Å². The number of esters is 1. The lowest BCUT2D eigenvalue weighted by atomic mass is 10.1. The number of nitrogens with one attached hydrogen (secondary N) is 1. The Bertz CT molecular complexity index is 932. The smallest absolute Gasteiger partial charge is 0.341 e. The van der Waals surface area contributed by atoms with Gasteiger partial charge in [0.25, 0.3) is 5.69 Å². The van der Waals surface area contributed by atoms with E-state index in [0.29, 0.717) is 16.1 Å². The Hall–Kier alpha value is -3.00. The van der Waals surface area contributed by atoms with Crippen LogP contribution in [0.25, 0.3) is 6.08 Å². The topological polar surface area (TPSA) is 98.5 Å². The van der Waals surface area contributed by atoms with Crippen molar-refractivity contribution < 1.29 is 19.2 Å². The van der Waals surface area contributed by atoms with Crippen LogP contribution < -0.4 is 5.32 Å². The van der Waals surface area contributed by atoms with Crippen LogP contribution in [0.2, 0.25) is 0 Å². The Balaban J connectivity index is 1.77. The molecule has 0 spiro atoms. The van der Waals surface area contributed by atoms with E-state index in [0.717, 1.165) is 29.7 Å². The number of ether oxygens (including phenoxy) is 1. The molecule has 1 aromatic heterocycles. The number of hydrogen-bond acceptors (Lipinski definition) is 6. The van der Waals surface area contributed by atoms with Crippen molar-refractivity contribution in [2.45, 2.75) is 26.2 Å². The minimum absolute atomic E-state index is 0.0446. The number of benzene rings is 1. The third-order valence-electron chi connectivity index (χ3n) is 4.15. The average molecular weight is 386 g/mol. The van der Waals surface area contributed by atoms with Crippen molar-refractivity contribution in [1.82, 2.24) is 0 Å². The second kappa shape index (κ2) is 8.13. The quantitative estimate of drug-likeness (QED) is 0.350. The molecule has 1 aliphatic carbocycles. The van der Waals surface area contributed by atoms with Crippen LogP contribution in [0.5, 0.6) is 0 Å². The maximum absolute atomic E-state index is 12.3. The van der Waals surface area contributed by atoms with Gasteiger partial charge in [-0.15, -0.1) is 11.3 Å². The number of thiophene rings is 1. The first-order valence-corrected chi connectivity index (χ1v) is 9.36. The highest BCUT2D eigenvalue weighted by Gasteiger charge is 2.28. The second-order valence-electron chi connectivity index (χ2n) is 5.96. The van der Waals surface area contributed by atoms with E-state index in [1.807, 2.05) is 0 Å². The first-order chi connectivity index (χ1) is 13.0. The van der Waals surface area contributed by atoms with Crippen molar-refractivity contribution in [3.63, 3.8) is 0 Å². The van der Waals surface area contributed by atoms with Crippen molar-refractivity contribution in [1.29, 1.82) is 0 Å². The molecule has 0 saturated carbocycles. The molecule has 0 radical (unpaired) electrons. The number of amides is 1. The van der Waals surface area contributed by atoms with Gasteiger partial charge in [0, 0.05) is 23.1 Å². The van der Waals surface area contributed by atoms with Crippen LogP contribution in [-0.4, -0.2) is 23.4 Å². The molecule has 0 atom stereocenters. The fraction of sp³-hybridized carbons (Fsp3) is 0.263. The summed E-state index contributed by atoms with van der Waals surface area (Å²) in [5.74, 6) is -0.832. The first-order valence-electron chi connectivity index (χ1n) is 8.54. The van der Waals surface area contributed by atoms with Crippen molar-refractivity contribution >= 4 is 40.0 Å². The minimum Gasteiger partial charge on any atom is -0.462 e. The Kier molecular flexibility index (Phi) is 5.66. The number of carbonyl (C=O) groups is 2. The summed E-state index contributed by atoms with van der Waals surface area (Å²) in [5.41, 5.74) is 1.92. The van der Waals surface area contributed by atoms with Crippen LogP contribution in [-0.2, 0) is 22.4 Å². The third-order valence-corrected chi connectivity index (χ3v) is 5.35. The summed E-state index contributed by atoms with van der Waals surface area (Å²) in [6.07, 6.45) is 5.48. The first kappa shape index (κ1) is 18.8. The van der Waals surface area contributed by atoms with Crippen LogP contribution in [0.15, 0.2) is 30.3 Å². The molecular formula is C19H18N2O5S. The summed E-state index contributed by atoms with van der Waals surface area (Å²) in [4.78, 5) is 36.0. The van der Waals surface area contributed by atoms with E-state index in [9.17, 15) is 19.7 Å². The van der Waals surface area contributed by atoms with Gasteiger partial charge < -0.3 is 10.1 Å². The Morgan fingerprint density at radius 2 is 2.19 bits per heavy atom. The number of carbonyl (C=O) groups excluding carboxylic acids is 2. The van der Waals surface area contributed by atoms with Crippen LogP contribution in [0.1, 0.15) is 39.7 Å². The minimum atomic E-state index is -0.490. The van der Waals surface area contributed by atoms with Gasteiger partial charge in [0.15, 0.2) is 0 Å². The van der Waals surface area contributed by atoms with Gasteiger partial charge in [-0.25, -0.2) is 4.79 Å². The summed E-state index contributed by atoms with van der Waals surface area (Å²) in [6, 6.07) is 5.99. The zero-order chi connectivity index (χ0) is 19.4. The van der Waals surface area contributed by atoms with E-state index in [1.165, 1.54) is 35.6 Å². The zero-order valence-corrected chi connectivity index (χ0v) is 15.5. The van der Waals surface area contributed by atoms with E-state index in [-0.39, 0.29) is 12.3 Å². The van der Waals surface area contributed by atoms with Crippen molar-refractivity contribution in [2.24, 2.45) is 0 Å². The number of nitrogens with zero attached hydrogens (tertiary/aromatic N) is 1. The maximum Gasteiger partial charge on any atom is 0.341 e. The van der Waals surface area contributed by atoms with Crippen molar-refractivity contribution in [3.05, 3.63) is 62.0 Å². The summed E-state index contributed by atoms with van der Waals surface area (Å²) in [7, 11) is 0. The fourth-order valence-corrected chi connectivity index (χ4v) is 4.26. The van der Waals surface area contributed by atoms with Crippen LogP contribution >= 0.6 is 11.3 Å². The van der Waals surface area contributed by atoms with E-state index in [1.54, 1.807) is 19.1 Å². The van der Waals surface area contributed by atoms with Crippen molar-refractivity contribution in [2.75, 3.05) is 11.9 Å². The van der Waals surface area contributed by atoms with Gasteiger partial charge in [0.05, 0.1) is 17.1 Å². The Morgan fingerprint density at radius 1 is 1.37 bits per heavy atom. The molecule has 7 nitrogen and oxygen atoms in total. The molecule has 27 heavy (non-hydrogen) atoms. The summed E-state index contributed by atoms with van der Waals surface area (Å²) in [6.45, 7) is 2.01. The molecule has 1 aromatic carbocycles. The number of nitro benzene ring substituents is 1. The summed E-state index contributed by atoms with van der Waals surface area (Å²) < 4.78 is 5.13. The lowest BCUT2D eigenvalue weighted by Crippen LogP contribution is -2.13. The standard InChI is InChI=1S/C19H18N2O5S/c1-2-26-19(23)17-14-7-4-8-15(14)27-18(17)20-16(22)10-9-12-5-3-6-13(11-12)21(24)25/h3,5-6,9-11H,2,4,7-8H2,1H3,(H,20,22)/b10-9+. The van der Waals surface area contributed by atoms with E-state index >= 15 is 0 Å². The van der Waals surface area contributed by atoms with Gasteiger partial charge in [-0.2, -0.15) is 0 Å². The predicted octanol–water partition coefficient (Wildman–Crippen LogP) is 3.97. The van der Waals surface area contributed by atoms with Crippen LogP contribution in [0.4, 0.5) is 10.7 Å². The van der Waals surface area contributed by atoms with Gasteiger partial charge in [0.2, 0.25) is 5.91 Å². The largest absolute Gasteiger partial charge is 0.462 e. The van der Waals surface area contributed by atoms with Gasteiger partial charge in [0.1, 0.15) is 5.00 Å². The SMILES string of the molecule is CCOC(=O)c1c(NC(=O)/C=C/c2cccc([N+](=O)[O-])c2)sc2c1CCC2. The second-order valence-corrected chi connectivity index (χ2v) is 7.06. The highest BCUT2D eigenvalue weighted by molar-refractivity contribution is 7.17. The normalized spacial score (nSPS) is 12.8. The monoisotopic (exact) mass is 386 g/mol. The molecule has 0 aliphatic heterocycles. The molecule has 0 fully saturated rings. The molecule has 1 heterocycles. The third kappa shape index (κ3) is 4.22. The van der Waals surface area contributed by atoms with Gasteiger partial charge in [-0.05, 0) is 43.4 Å². The van der Waals surface area contributed by atoms with E-state index in [2.05, 4.69) is 5.32 Å². The highest BCUT2D eigenvalue weighted by atomic mass is 32.1. The number of rotatable bonds is 6. The molecule has 0 saturated heterocycles. The van der Waals surface area contributed by atoms with Crippen molar-refractivity contribution in [3.8, 4) is 0 Å². The number of nitro groups is 1. The molecule has 3 rings (SSSR count). The Labute approximate surface area is 159 Å². The van der Waals surface area contributed by atoms with E-state index < -0.39 is 16.8 Å². The zero-order valence-electron chi connectivity index (χ0n) is 14.7. The molecule has 1 N–H and O–H groups in total. The lowest BCUT2D eigenvalue weighted by Gasteiger charge is -2.06. The molecule has 8 heteroatoms. The lowest BCUT2D eigenvalue weighted by molar-refractivity contribution is -0.384. The average Bonchev–Trinajstić information content (AvgIpc) is 3.21. The summed E-state index contributed by atoms with van der Waals surface area (Å²) in [5, 5.41) is 14.1. The molecule has 0 unspecified atom stereocenters. The fourth-order valence-electron chi connectivity index (χ4n) is 2.98. The van der Waals surface area contributed by atoms with E-state index in [4.69, 9.17) is 4.74 Å². The maximum atomic E-state index is 12.3. The molecule has 2 aromatic rings. The number of anilines is 1. The molecular weight excluding hydrogens is 368 g/mol. The summed E-state index contributed by atoms with van der Waals surface area (Å²) >= 11 is 1.40. The number of fused-ring (bicyclic) bond motifs is 1. The van der Waals surface area contributed by atoms with Crippen LogP contribution in [0.3, 0.4) is 0 Å². The number of aryl methyl sites for hydroxylation is 1.